The van der Waals surface area contributed by atoms with E-state index in [1.165, 1.54) is 77.0 Å². The number of carbonyl (C=O) groups excluding carboxylic acids is 3. The van der Waals surface area contributed by atoms with Crippen LogP contribution in [0.3, 0.4) is 0 Å². The van der Waals surface area contributed by atoms with E-state index in [0.29, 0.717) is 19.3 Å². The number of unbranched alkanes of at least 4 members (excludes halogenated alkanes) is 17. The highest BCUT2D eigenvalue weighted by Gasteiger charge is 2.19. The molecule has 0 spiro atoms. The molecule has 0 rings (SSSR count). The predicted molar refractivity (Wildman–Crippen MR) is 279 cm³/mol. The molecule has 65 heavy (non-hydrogen) atoms. The maximum atomic E-state index is 12.7. The molecule has 1 atom stereocenters. The fraction of sp³-hybridized carbons (Fsp3) is 0.644. The first-order valence-corrected chi connectivity index (χ1v) is 26.4. The van der Waals surface area contributed by atoms with E-state index in [2.05, 4.69) is 118 Å². The van der Waals surface area contributed by atoms with Gasteiger partial charge in [0.25, 0.3) is 0 Å². The van der Waals surface area contributed by atoms with Gasteiger partial charge in [-0.3, -0.25) is 14.4 Å². The van der Waals surface area contributed by atoms with Crippen LogP contribution in [0.4, 0.5) is 0 Å². The number of ether oxygens (including phenoxy) is 3. The van der Waals surface area contributed by atoms with Gasteiger partial charge in [0.15, 0.2) is 6.10 Å². The number of allylic oxidation sites excluding steroid dienone is 18. The molecule has 6 heteroatoms. The average Bonchev–Trinajstić information content (AvgIpc) is 3.30. The summed E-state index contributed by atoms with van der Waals surface area (Å²) in [6, 6.07) is 0. The second kappa shape index (κ2) is 52.7. The van der Waals surface area contributed by atoms with Gasteiger partial charge in [-0.2, -0.15) is 0 Å². The van der Waals surface area contributed by atoms with Gasteiger partial charge in [-0.15, -0.1) is 0 Å². The number of esters is 3. The highest BCUT2D eigenvalue weighted by atomic mass is 16.6. The average molecular weight is 901 g/mol. The molecule has 1 unspecified atom stereocenters. The molecular formula is C59H96O6. The Morgan fingerprint density at radius 1 is 0.323 bits per heavy atom. The van der Waals surface area contributed by atoms with Crippen molar-refractivity contribution in [2.75, 3.05) is 13.2 Å². The quantitative estimate of drug-likeness (QED) is 0.0262. The van der Waals surface area contributed by atoms with E-state index in [1.54, 1.807) is 0 Å². The summed E-state index contributed by atoms with van der Waals surface area (Å²) >= 11 is 0. The topological polar surface area (TPSA) is 78.9 Å². The van der Waals surface area contributed by atoms with Crippen LogP contribution in [0.5, 0.6) is 0 Å². The first-order valence-electron chi connectivity index (χ1n) is 26.4. The Bertz CT molecular complexity index is 1360. The van der Waals surface area contributed by atoms with E-state index in [9.17, 15) is 14.4 Å². The lowest BCUT2D eigenvalue weighted by atomic mass is 10.1. The van der Waals surface area contributed by atoms with Crippen LogP contribution in [0, 0.1) is 0 Å². The Morgan fingerprint density at radius 3 is 1.02 bits per heavy atom. The van der Waals surface area contributed by atoms with Crippen LogP contribution < -0.4 is 0 Å². The zero-order valence-corrected chi connectivity index (χ0v) is 42.0. The van der Waals surface area contributed by atoms with Crippen LogP contribution in [0.2, 0.25) is 0 Å². The molecule has 0 amide bonds. The number of hydrogen-bond acceptors (Lipinski definition) is 6. The maximum Gasteiger partial charge on any atom is 0.306 e. The normalized spacial score (nSPS) is 13.0. The van der Waals surface area contributed by atoms with Gasteiger partial charge in [-0.1, -0.05) is 214 Å². The fourth-order valence-electron chi connectivity index (χ4n) is 6.84. The molecule has 0 N–H and O–H groups in total. The van der Waals surface area contributed by atoms with Gasteiger partial charge >= 0.3 is 17.9 Å². The predicted octanol–water partition coefficient (Wildman–Crippen LogP) is 17.5. The van der Waals surface area contributed by atoms with Crippen LogP contribution in [-0.4, -0.2) is 37.2 Å². The molecule has 0 saturated heterocycles. The van der Waals surface area contributed by atoms with Crippen LogP contribution in [0.25, 0.3) is 0 Å². The van der Waals surface area contributed by atoms with Crippen LogP contribution in [0.1, 0.15) is 226 Å². The summed E-state index contributed by atoms with van der Waals surface area (Å²) < 4.78 is 16.7. The van der Waals surface area contributed by atoms with Gasteiger partial charge in [0.1, 0.15) is 13.2 Å². The van der Waals surface area contributed by atoms with Gasteiger partial charge in [-0.25, -0.2) is 0 Å². The minimum Gasteiger partial charge on any atom is -0.462 e. The van der Waals surface area contributed by atoms with Crippen LogP contribution >= 0.6 is 0 Å². The minimum absolute atomic E-state index is 0.113. The second-order valence-electron chi connectivity index (χ2n) is 17.0. The van der Waals surface area contributed by atoms with Crippen molar-refractivity contribution in [2.45, 2.75) is 232 Å². The molecule has 0 fully saturated rings. The lowest BCUT2D eigenvalue weighted by molar-refractivity contribution is -0.166. The summed E-state index contributed by atoms with van der Waals surface area (Å²) in [4.78, 5) is 37.9. The number of hydrogen-bond donors (Lipinski definition) is 0. The molecule has 0 heterocycles. The Morgan fingerprint density at radius 2 is 0.631 bits per heavy atom. The molecule has 0 aliphatic rings. The molecule has 0 bridgehead atoms. The molecule has 0 radical (unpaired) electrons. The van der Waals surface area contributed by atoms with Crippen molar-refractivity contribution in [3.8, 4) is 0 Å². The molecular weight excluding hydrogens is 805 g/mol. The first kappa shape index (κ1) is 61.1. The smallest absolute Gasteiger partial charge is 0.306 e. The molecule has 0 aromatic rings. The van der Waals surface area contributed by atoms with Crippen molar-refractivity contribution in [3.63, 3.8) is 0 Å². The van der Waals surface area contributed by atoms with Gasteiger partial charge in [0.2, 0.25) is 0 Å². The zero-order chi connectivity index (χ0) is 47.2. The Labute approximate surface area is 400 Å². The van der Waals surface area contributed by atoms with Gasteiger partial charge in [0.05, 0.1) is 0 Å². The largest absolute Gasteiger partial charge is 0.462 e. The maximum absolute atomic E-state index is 12.7. The van der Waals surface area contributed by atoms with E-state index in [4.69, 9.17) is 14.2 Å². The number of rotatable bonds is 46. The molecule has 0 aliphatic heterocycles. The van der Waals surface area contributed by atoms with E-state index < -0.39 is 12.1 Å². The molecule has 0 aromatic heterocycles. The SMILES string of the molecule is CC/C=C\C/C=C\C/C=C\C/C=C\CCCCCCCCCCCCC(=O)OCC(COC(=O)CCCCCCC/C=C\CCCC)OC(=O)CC/C=C\C/C=C\C/C=C\C/C=C\CC. The molecule has 0 saturated carbocycles. The molecule has 0 aliphatic carbocycles. The standard InChI is InChI=1S/C59H96O6/c1-4-7-10-13-16-19-22-24-25-26-27-28-29-30-31-32-33-35-37-40-43-46-49-52-58(61)64-55-56(54-63-57(60)51-48-45-42-39-36-21-18-15-12-9-6-3)65-59(62)53-50-47-44-41-38-34-23-20-17-14-11-8-5-2/h7-8,10-11,15-20,24-25,27-28,34,38,44,47,56H,4-6,9,12-14,21-23,26,29-33,35-37,39-43,45-46,48-55H2,1-3H3/b10-7-,11-8-,18-15-,19-16-,20-17-,25-24-,28-27-,38-34-,47-44-. The Balaban J connectivity index is 4.37. The first-order chi connectivity index (χ1) is 32.0. The van der Waals surface area contributed by atoms with E-state index in [0.717, 1.165) is 103 Å². The summed E-state index contributed by atoms with van der Waals surface area (Å²) in [6.45, 7) is 6.29. The summed E-state index contributed by atoms with van der Waals surface area (Å²) in [5.74, 6) is -1.01. The van der Waals surface area contributed by atoms with Crippen LogP contribution in [-0.2, 0) is 28.6 Å². The Kier molecular flexibility index (Phi) is 49.5. The van der Waals surface area contributed by atoms with E-state index in [-0.39, 0.29) is 31.6 Å². The van der Waals surface area contributed by atoms with Gasteiger partial charge in [-0.05, 0) is 103 Å². The third-order valence-electron chi connectivity index (χ3n) is 10.8. The van der Waals surface area contributed by atoms with Crippen molar-refractivity contribution < 1.29 is 28.6 Å². The molecule has 0 aromatic carbocycles. The number of carbonyl (C=O) groups is 3. The summed E-state index contributed by atoms with van der Waals surface area (Å²) in [7, 11) is 0. The van der Waals surface area contributed by atoms with Gasteiger partial charge < -0.3 is 14.2 Å². The zero-order valence-electron chi connectivity index (χ0n) is 42.0. The summed E-state index contributed by atoms with van der Waals surface area (Å²) in [5, 5.41) is 0. The summed E-state index contributed by atoms with van der Waals surface area (Å²) in [5.41, 5.74) is 0. The van der Waals surface area contributed by atoms with E-state index >= 15 is 0 Å². The fourth-order valence-corrected chi connectivity index (χ4v) is 6.84. The second-order valence-corrected chi connectivity index (χ2v) is 17.0. The lowest BCUT2D eigenvalue weighted by Crippen LogP contribution is -2.30. The van der Waals surface area contributed by atoms with Crippen molar-refractivity contribution in [1.82, 2.24) is 0 Å². The van der Waals surface area contributed by atoms with E-state index in [1.807, 2.05) is 12.2 Å². The molecule has 368 valence electrons. The minimum atomic E-state index is -0.821. The van der Waals surface area contributed by atoms with Crippen molar-refractivity contribution in [2.24, 2.45) is 0 Å². The molecule has 6 nitrogen and oxygen atoms in total. The van der Waals surface area contributed by atoms with Crippen molar-refractivity contribution in [3.05, 3.63) is 109 Å². The van der Waals surface area contributed by atoms with Crippen molar-refractivity contribution in [1.29, 1.82) is 0 Å². The summed E-state index contributed by atoms with van der Waals surface area (Å²) in [6.07, 6.45) is 71.0. The van der Waals surface area contributed by atoms with Crippen molar-refractivity contribution >= 4 is 17.9 Å². The highest BCUT2D eigenvalue weighted by Crippen LogP contribution is 2.14. The Hall–Kier alpha value is -3.93. The lowest BCUT2D eigenvalue weighted by Gasteiger charge is -2.18. The van der Waals surface area contributed by atoms with Crippen LogP contribution in [0.15, 0.2) is 109 Å². The highest BCUT2D eigenvalue weighted by molar-refractivity contribution is 5.71. The van der Waals surface area contributed by atoms with Gasteiger partial charge in [0, 0.05) is 19.3 Å². The monoisotopic (exact) mass is 901 g/mol. The third-order valence-corrected chi connectivity index (χ3v) is 10.8. The third kappa shape index (κ3) is 50.9.